The molecule has 2 heteroatoms. The number of benzene rings is 1. The maximum atomic E-state index is 4.53. The summed E-state index contributed by atoms with van der Waals surface area (Å²) in [7, 11) is 0. The van der Waals surface area contributed by atoms with Crippen molar-refractivity contribution in [3.05, 3.63) is 72.1 Å². The Hall–Kier alpha value is -1.42. The van der Waals surface area contributed by atoms with E-state index >= 15 is 0 Å². The second-order valence-electron chi connectivity index (χ2n) is 5.77. The summed E-state index contributed by atoms with van der Waals surface area (Å²) in [6.07, 6.45) is 9.70. The van der Waals surface area contributed by atoms with Gasteiger partial charge in [-0.05, 0) is 49.1 Å². The summed E-state index contributed by atoms with van der Waals surface area (Å²) in [6.45, 7) is 4.36. The van der Waals surface area contributed by atoms with Gasteiger partial charge in [-0.25, -0.2) is 0 Å². The Morgan fingerprint density at radius 2 is 1.86 bits per heavy atom. The molecule has 0 saturated heterocycles. The van der Waals surface area contributed by atoms with Gasteiger partial charge in [-0.15, -0.1) is 0 Å². The Morgan fingerprint density at radius 1 is 1.10 bits per heavy atom. The van der Waals surface area contributed by atoms with Gasteiger partial charge in [0.15, 0.2) is 0 Å². The van der Waals surface area contributed by atoms with E-state index in [4.69, 9.17) is 0 Å². The van der Waals surface area contributed by atoms with E-state index in [1.807, 2.05) is 6.20 Å². The third-order valence-corrected chi connectivity index (χ3v) is 4.57. The largest absolute Gasteiger partial charge is 0.256 e. The zero-order valence-electron chi connectivity index (χ0n) is 12.3. The number of allylic oxidation sites excluding steroid dienone is 4. The maximum Gasteiger partial charge on any atom is 0.0704 e. The van der Waals surface area contributed by atoms with Crippen molar-refractivity contribution in [2.45, 2.75) is 23.7 Å². The van der Waals surface area contributed by atoms with E-state index in [9.17, 15) is 0 Å². The average Bonchev–Trinajstić information content (AvgIpc) is 2.48. The summed E-state index contributed by atoms with van der Waals surface area (Å²) in [5.41, 5.74) is 6.02. The number of nitrogens with zero attached hydrogens (tertiary/aromatic N) is 1. The fourth-order valence-corrected chi connectivity index (χ4v) is 2.81. The highest BCUT2D eigenvalue weighted by Gasteiger charge is 2.18. The van der Waals surface area contributed by atoms with Gasteiger partial charge in [0, 0.05) is 9.62 Å². The van der Waals surface area contributed by atoms with Gasteiger partial charge in [0.05, 0.1) is 5.69 Å². The van der Waals surface area contributed by atoms with Crippen LogP contribution in [0.2, 0.25) is 0 Å². The molecule has 0 fully saturated rings. The molecule has 0 radical (unpaired) electrons. The first kappa shape index (κ1) is 14.5. The molecule has 1 aliphatic carbocycles. The van der Waals surface area contributed by atoms with Crippen LogP contribution in [-0.2, 0) is 0 Å². The van der Waals surface area contributed by atoms with Gasteiger partial charge in [-0.1, -0.05) is 70.6 Å². The predicted molar refractivity (Wildman–Crippen MR) is 98.6 cm³/mol. The van der Waals surface area contributed by atoms with E-state index < -0.39 is 0 Å². The van der Waals surface area contributed by atoms with Crippen LogP contribution in [0.4, 0.5) is 0 Å². The highest BCUT2D eigenvalue weighted by atomic mass is 127. The summed E-state index contributed by atoms with van der Waals surface area (Å²) < 4.78 is 0.232. The Kier molecular flexibility index (Phi) is 3.98. The van der Waals surface area contributed by atoms with Crippen LogP contribution in [-0.4, -0.2) is 8.41 Å². The van der Waals surface area contributed by atoms with Crippen molar-refractivity contribution in [1.82, 2.24) is 4.98 Å². The molecule has 21 heavy (non-hydrogen) atoms. The van der Waals surface area contributed by atoms with Crippen LogP contribution in [0.5, 0.6) is 0 Å². The highest BCUT2D eigenvalue weighted by Crippen LogP contribution is 2.33. The minimum absolute atomic E-state index is 0.232. The number of alkyl halides is 1. The topological polar surface area (TPSA) is 12.9 Å². The van der Waals surface area contributed by atoms with Crippen LogP contribution in [0.3, 0.4) is 0 Å². The molecule has 0 N–H and O–H groups in total. The van der Waals surface area contributed by atoms with Crippen LogP contribution >= 0.6 is 22.6 Å². The minimum atomic E-state index is 0.232. The van der Waals surface area contributed by atoms with Crippen LogP contribution in [0.1, 0.15) is 24.6 Å². The number of aryl methyl sites for hydroxylation is 1. The van der Waals surface area contributed by atoms with Crippen LogP contribution in [0, 0.1) is 6.92 Å². The summed E-state index contributed by atoms with van der Waals surface area (Å²) in [4.78, 5) is 4.53. The molecule has 1 heterocycles. The number of rotatable bonds is 2. The van der Waals surface area contributed by atoms with E-state index in [1.54, 1.807) is 0 Å². The number of halogens is 1. The normalized spacial score (nSPS) is 21.2. The van der Waals surface area contributed by atoms with Gasteiger partial charge < -0.3 is 0 Å². The van der Waals surface area contributed by atoms with E-state index in [2.05, 4.69) is 96.0 Å². The SMILES string of the molecule is Cc1ccc(-c2ccnc(C3=CC[C@](C)(I)C=C3)c2)cc1. The molecule has 106 valence electrons. The second-order valence-corrected chi connectivity index (χ2v) is 8.24. The Labute approximate surface area is 140 Å². The zero-order chi connectivity index (χ0) is 14.9. The van der Waals surface area contributed by atoms with E-state index in [0.717, 1.165) is 12.1 Å². The van der Waals surface area contributed by atoms with Crippen molar-refractivity contribution >= 4 is 28.2 Å². The molecule has 0 unspecified atom stereocenters. The fraction of sp³-hybridized carbons (Fsp3) is 0.211. The molecule has 0 aliphatic heterocycles. The van der Waals surface area contributed by atoms with Crippen molar-refractivity contribution < 1.29 is 0 Å². The van der Waals surface area contributed by atoms with Gasteiger partial charge in [0.1, 0.15) is 0 Å². The third-order valence-electron chi connectivity index (χ3n) is 3.77. The Bertz CT molecular complexity index is 709. The van der Waals surface area contributed by atoms with Crippen molar-refractivity contribution in [2.75, 3.05) is 0 Å². The highest BCUT2D eigenvalue weighted by molar-refractivity contribution is 14.1. The zero-order valence-corrected chi connectivity index (χ0v) is 14.5. The number of hydrogen-bond acceptors (Lipinski definition) is 1. The molecule has 1 aliphatic rings. The lowest BCUT2D eigenvalue weighted by Gasteiger charge is -2.20. The molecule has 1 nitrogen and oxygen atoms in total. The number of hydrogen-bond donors (Lipinski definition) is 0. The molecule has 0 spiro atoms. The maximum absolute atomic E-state index is 4.53. The smallest absolute Gasteiger partial charge is 0.0704 e. The molecular weight excluding hydrogens is 369 g/mol. The lowest BCUT2D eigenvalue weighted by molar-refractivity contribution is 0.838. The van der Waals surface area contributed by atoms with Crippen molar-refractivity contribution in [3.8, 4) is 11.1 Å². The molecule has 0 amide bonds. The van der Waals surface area contributed by atoms with Gasteiger partial charge >= 0.3 is 0 Å². The molecule has 0 saturated carbocycles. The fourth-order valence-electron chi connectivity index (χ4n) is 2.41. The second kappa shape index (κ2) is 5.76. The van der Waals surface area contributed by atoms with Crippen molar-refractivity contribution in [3.63, 3.8) is 0 Å². The molecule has 1 aromatic carbocycles. The van der Waals surface area contributed by atoms with Gasteiger partial charge in [0.2, 0.25) is 0 Å². The Morgan fingerprint density at radius 3 is 2.52 bits per heavy atom. The van der Waals surface area contributed by atoms with Crippen LogP contribution < -0.4 is 0 Å². The van der Waals surface area contributed by atoms with Gasteiger partial charge in [-0.3, -0.25) is 4.98 Å². The van der Waals surface area contributed by atoms with Crippen LogP contribution in [0.25, 0.3) is 16.7 Å². The third kappa shape index (κ3) is 3.43. The molecule has 2 aromatic rings. The first-order valence-corrected chi connectivity index (χ1v) is 8.23. The van der Waals surface area contributed by atoms with E-state index in [0.29, 0.717) is 0 Å². The lowest BCUT2D eigenvalue weighted by Crippen LogP contribution is -2.12. The van der Waals surface area contributed by atoms with Gasteiger partial charge in [-0.2, -0.15) is 0 Å². The first-order chi connectivity index (χ1) is 10.0. The first-order valence-electron chi connectivity index (χ1n) is 7.15. The van der Waals surface area contributed by atoms with E-state index in [1.165, 1.54) is 22.3 Å². The number of aromatic nitrogens is 1. The average molecular weight is 387 g/mol. The lowest BCUT2D eigenvalue weighted by atomic mass is 9.95. The van der Waals surface area contributed by atoms with Crippen molar-refractivity contribution in [2.24, 2.45) is 0 Å². The molecule has 1 aromatic heterocycles. The number of pyridine rings is 1. The van der Waals surface area contributed by atoms with E-state index in [-0.39, 0.29) is 3.42 Å². The monoisotopic (exact) mass is 387 g/mol. The molecule has 3 rings (SSSR count). The summed E-state index contributed by atoms with van der Waals surface area (Å²) >= 11 is 2.49. The van der Waals surface area contributed by atoms with Crippen LogP contribution in [0.15, 0.2) is 60.8 Å². The minimum Gasteiger partial charge on any atom is -0.256 e. The summed E-state index contributed by atoms with van der Waals surface area (Å²) in [6, 6.07) is 12.9. The summed E-state index contributed by atoms with van der Waals surface area (Å²) in [5, 5.41) is 0. The molecule has 1 atom stereocenters. The summed E-state index contributed by atoms with van der Waals surface area (Å²) in [5.74, 6) is 0. The molecular formula is C19H18IN. The quantitative estimate of drug-likeness (QED) is 0.483. The predicted octanol–water partition coefficient (Wildman–Crippen LogP) is 5.59. The standard InChI is InChI=1S/C19H18IN/c1-14-3-5-15(6-4-14)17-9-12-21-18(13-17)16-7-10-19(2,20)11-8-16/h3-10,12-13H,11H2,1-2H3/t19-/m1/s1. The Balaban J connectivity index is 1.93. The molecule has 0 bridgehead atoms. The van der Waals surface area contributed by atoms with Gasteiger partial charge in [0.25, 0.3) is 0 Å². The van der Waals surface area contributed by atoms with Crippen molar-refractivity contribution in [1.29, 1.82) is 0 Å².